The van der Waals surface area contributed by atoms with Gasteiger partial charge in [0.2, 0.25) is 11.9 Å². The summed E-state index contributed by atoms with van der Waals surface area (Å²) in [5, 5.41) is 19.9. The average Bonchev–Trinajstić information content (AvgIpc) is 2.96. The van der Waals surface area contributed by atoms with Crippen molar-refractivity contribution in [2.24, 2.45) is 0 Å². The molecule has 224 valence electrons. The van der Waals surface area contributed by atoms with Gasteiger partial charge < -0.3 is 14.6 Å². The third-order valence-corrected chi connectivity index (χ3v) is 12.2. The van der Waals surface area contributed by atoms with Gasteiger partial charge in [-0.2, -0.15) is 5.26 Å². The van der Waals surface area contributed by atoms with Crippen molar-refractivity contribution in [3.05, 3.63) is 98.4 Å². The van der Waals surface area contributed by atoms with Crippen molar-refractivity contribution in [3.63, 3.8) is 0 Å². The molecule has 0 bridgehead atoms. The third-order valence-electron chi connectivity index (χ3n) is 8.33. The molecular weight excluding hydrogens is 621 g/mol. The second kappa shape index (κ2) is 10.2. The molecule has 7 nitrogen and oxygen atoms in total. The lowest BCUT2D eigenvalue weighted by atomic mass is 9.82. The van der Waals surface area contributed by atoms with Crippen molar-refractivity contribution >= 4 is 44.0 Å². The normalized spacial score (nSPS) is 23.9. The van der Waals surface area contributed by atoms with E-state index in [-0.39, 0.29) is 53.5 Å². The summed E-state index contributed by atoms with van der Waals surface area (Å²) in [5.41, 5.74) is -5.33. The molecule has 2 aromatic rings. The van der Waals surface area contributed by atoms with Gasteiger partial charge >= 0.3 is 11.5 Å². The quantitative estimate of drug-likeness (QED) is 0.157. The standard InChI is InChI=1S/C30H21F5N4O3P2/c1-30(13-36,37-2)25-26(33)23(24(29(40)41)27(34)28(25)35)22-18-5-3-16(38-9-14(31)10-38)7-20(18)44(42,43)21-8-17(4-6-19(21)22)39-11-15(32)12-39/h3-8,14-15H,9-12,43H2,1H3/p+1. The molecule has 2 fully saturated rings. The van der Waals surface area contributed by atoms with Crippen LogP contribution in [0.1, 0.15) is 34.0 Å². The molecule has 14 heteroatoms. The van der Waals surface area contributed by atoms with E-state index < -0.39 is 64.8 Å². The molecule has 3 unspecified atom stereocenters. The molecule has 0 amide bonds. The molecule has 0 radical (unpaired) electrons. The van der Waals surface area contributed by atoms with Gasteiger partial charge in [0.1, 0.15) is 23.1 Å². The summed E-state index contributed by atoms with van der Waals surface area (Å²) in [6.45, 7) is 4.92. The summed E-state index contributed by atoms with van der Waals surface area (Å²) in [4.78, 5) is 17.1. The van der Waals surface area contributed by atoms with Crippen LogP contribution in [0, 0.1) is 35.4 Å². The van der Waals surface area contributed by atoms with Crippen LogP contribution in [0.3, 0.4) is 0 Å². The molecule has 1 N–H and O–H groups in total. The number of aromatic carboxylic acids is 1. The molecule has 0 spiro atoms. The summed E-state index contributed by atoms with van der Waals surface area (Å²) < 4.78 is 91.3. The van der Waals surface area contributed by atoms with Crippen molar-refractivity contribution in [1.29, 1.82) is 5.26 Å². The first kappa shape index (κ1) is 29.9. The van der Waals surface area contributed by atoms with Crippen LogP contribution < -0.4 is 10.2 Å². The number of anilines is 1. The van der Waals surface area contributed by atoms with Gasteiger partial charge in [0.05, 0.1) is 13.1 Å². The lowest BCUT2D eigenvalue weighted by Crippen LogP contribution is -2.48. The fraction of sp³-hybridized carbons (Fsp3) is 0.267. The van der Waals surface area contributed by atoms with Gasteiger partial charge in [-0.05, 0) is 29.3 Å². The Hall–Kier alpha value is -4.11. The van der Waals surface area contributed by atoms with E-state index >= 15 is 13.2 Å². The largest absolute Gasteiger partial charge is 0.478 e. The minimum Gasteiger partial charge on any atom is -0.478 e. The molecule has 0 saturated carbocycles. The Morgan fingerprint density at radius 2 is 1.86 bits per heavy atom. The fourth-order valence-electron chi connectivity index (χ4n) is 5.88. The smallest absolute Gasteiger partial charge is 0.343 e. The van der Waals surface area contributed by atoms with Crippen LogP contribution in [0.5, 0.6) is 0 Å². The summed E-state index contributed by atoms with van der Waals surface area (Å²) in [5.74, 6) is -7.61. The molecule has 2 aromatic carbocycles. The van der Waals surface area contributed by atoms with E-state index in [2.05, 4.69) is 13.8 Å². The number of carbonyl (C=O) groups is 1. The molecule has 4 aliphatic rings. The molecule has 3 aliphatic heterocycles. The number of fused-ring (bicyclic) bond motifs is 2. The third kappa shape index (κ3) is 4.27. The topological polar surface area (TPSA) is 88.8 Å². The van der Waals surface area contributed by atoms with Crippen molar-refractivity contribution in [3.8, 4) is 6.07 Å². The van der Waals surface area contributed by atoms with E-state index in [0.717, 1.165) is 6.92 Å². The van der Waals surface area contributed by atoms with Gasteiger partial charge in [-0.1, -0.05) is 15.0 Å². The summed E-state index contributed by atoms with van der Waals surface area (Å²) >= 11 is 0. The Labute approximate surface area is 250 Å². The fourth-order valence-corrected chi connectivity index (χ4v) is 9.16. The molecule has 1 aliphatic carbocycles. The van der Waals surface area contributed by atoms with Crippen LogP contribution in [-0.2, 0) is 10.1 Å². The van der Waals surface area contributed by atoms with Gasteiger partial charge in [0, 0.05) is 46.5 Å². The number of rotatable bonds is 4. The predicted octanol–water partition coefficient (Wildman–Crippen LogP) is 5.47. The zero-order valence-corrected chi connectivity index (χ0v) is 25.0. The van der Waals surface area contributed by atoms with E-state index in [1.54, 1.807) is 9.48 Å². The number of benzene rings is 2. The zero-order valence-electron chi connectivity index (χ0n) is 22.9. The van der Waals surface area contributed by atoms with Gasteiger partial charge in [-0.25, -0.2) is 37.9 Å². The highest BCUT2D eigenvalue weighted by molar-refractivity contribution is 8.24. The number of hydrogen-bond donors (Lipinski definition) is 1. The molecule has 3 heterocycles. The van der Waals surface area contributed by atoms with Crippen LogP contribution in [0.25, 0.3) is 10.4 Å². The number of allylic oxidation sites excluding steroid dienone is 5. The highest BCUT2D eigenvalue weighted by atomic mass is 32.0. The van der Waals surface area contributed by atoms with Gasteiger partial charge in [-0.15, -0.1) is 0 Å². The number of nitriles is 1. The van der Waals surface area contributed by atoms with Crippen LogP contribution in [0.15, 0.2) is 47.3 Å². The molecular formula is C30H22F5N4O3P2+. The Balaban J connectivity index is 1.74. The Kier molecular flexibility index (Phi) is 6.96. The van der Waals surface area contributed by atoms with Crippen LogP contribution in [-0.4, -0.2) is 59.9 Å². The first-order chi connectivity index (χ1) is 20.7. The van der Waals surface area contributed by atoms with E-state index in [4.69, 9.17) is 6.57 Å². The van der Waals surface area contributed by atoms with Crippen molar-refractivity contribution < 1.29 is 41.0 Å². The van der Waals surface area contributed by atoms with Crippen LogP contribution in [0.4, 0.5) is 27.6 Å². The molecule has 2 saturated heterocycles. The highest BCUT2D eigenvalue weighted by Gasteiger charge is 2.47. The maximum absolute atomic E-state index is 16.6. The Morgan fingerprint density at radius 3 is 2.43 bits per heavy atom. The molecule has 6 rings (SSSR count). The Bertz CT molecular complexity index is 1950. The first-order valence-electron chi connectivity index (χ1n) is 13.3. The first-order valence-corrected chi connectivity index (χ1v) is 16.6. The van der Waals surface area contributed by atoms with Crippen LogP contribution >= 0.6 is 15.8 Å². The van der Waals surface area contributed by atoms with E-state index in [0.29, 0.717) is 11.4 Å². The maximum Gasteiger partial charge on any atom is 0.343 e. The zero-order chi connectivity index (χ0) is 31.9. The molecule has 3 atom stereocenters. The van der Waals surface area contributed by atoms with Crippen LogP contribution in [0.2, 0.25) is 0 Å². The predicted molar refractivity (Wildman–Crippen MR) is 156 cm³/mol. The van der Waals surface area contributed by atoms with Crippen molar-refractivity contribution in [1.82, 2.24) is 0 Å². The van der Waals surface area contributed by atoms with E-state index in [9.17, 15) is 28.5 Å². The lowest BCUT2D eigenvalue weighted by molar-refractivity contribution is -0.599. The number of hydrogen-bond acceptors (Lipinski definition) is 4. The second-order valence-electron chi connectivity index (χ2n) is 11.1. The molecule has 0 aromatic heterocycles. The average molecular weight is 643 g/mol. The lowest BCUT2D eigenvalue weighted by Gasteiger charge is -2.38. The summed E-state index contributed by atoms with van der Waals surface area (Å²) in [6, 6.07) is 5.94. The molecule has 44 heavy (non-hydrogen) atoms. The highest BCUT2D eigenvalue weighted by Crippen LogP contribution is 2.68. The number of carboxylic acids is 1. The van der Waals surface area contributed by atoms with Gasteiger partial charge in [0.15, 0.2) is 37.6 Å². The number of carboxylic acid groups (broad SMARTS) is 1. The number of nitrogens with zero attached hydrogens (tertiary/aromatic N) is 4. The summed E-state index contributed by atoms with van der Waals surface area (Å²) in [6.07, 6.45) is 2.32. The number of halogens is 5. The van der Waals surface area contributed by atoms with Crippen molar-refractivity contribution in [2.45, 2.75) is 24.8 Å². The minimum atomic E-state index is -3.68. The van der Waals surface area contributed by atoms with Gasteiger partial charge in [-0.3, -0.25) is 4.85 Å². The summed E-state index contributed by atoms with van der Waals surface area (Å²) in [7, 11) is 2.30. The SMILES string of the molecule is [C-]#[N+]C(C)(C#N)c1c(F)c(F)c(C(=O)O)c(C2=C3C=CC(=[N+]4CC(F)C4)C=C3P(=O)(P)c3cc(N4CC(F)C4)ccc32)c1F. The van der Waals surface area contributed by atoms with E-state index in [1.807, 2.05) is 0 Å². The monoisotopic (exact) mass is 643 g/mol. The van der Waals surface area contributed by atoms with E-state index in [1.165, 1.54) is 42.5 Å². The van der Waals surface area contributed by atoms with Crippen molar-refractivity contribution in [2.75, 3.05) is 31.1 Å². The Morgan fingerprint density at radius 1 is 1.18 bits per heavy atom. The number of alkyl halides is 2. The minimum absolute atomic E-state index is 0.0391. The van der Waals surface area contributed by atoms with Gasteiger partial charge in [0.25, 0.3) is 0 Å². The second-order valence-corrected chi connectivity index (χ2v) is 15.6. The maximum atomic E-state index is 16.6.